The second-order valence-corrected chi connectivity index (χ2v) is 5.43. The molecule has 1 amide bonds. The van der Waals surface area contributed by atoms with Crippen molar-refractivity contribution in [2.24, 2.45) is 4.99 Å². The summed E-state index contributed by atoms with van der Waals surface area (Å²) in [6.07, 6.45) is 3.94. The number of rotatable bonds is 6. The normalized spacial score (nSPS) is 16.3. The molecule has 0 radical (unpaired) electrons. The fraction of sp³-hybridized carbons (Fsp3) is 0.400. The Morgan fingerprint density at radius 3 is 2.95 bits per heavy atom. The lowest BCUT2D eigenvalue weighted by Crippen LogP contribution is -2.31. The van der Waals surface area contributed by atoms with E-state index in [0.717, 1.165) is 6.42 Å². The SMILES string of the molecule is CCCN1C(=O)/C(=C/c2ccco2)N=C1SCC(=O)OCC. The standard InChI is InChI=1S/C15H18N2O4S/c1-3-7-17-14(19)12(9-11-6-5-8-21-11)16-15(17)22-10-13(18)20-4-2/h5-6,8-9H,3-4,7,10H2,1-2H3/b12-9-. The summed E-state index contributed by atoms with van der Waals surface area (Å²) in [5.41, 5.74) is 0.315. The fourth-order valence-corrected chi connectivity index (χ4v) is 2.72. The molecule has 7 heteroatoms. The molecule has 1 aliphatic rings. The Labute approximate surface area is 133 Å². The smallest absolute Gasteiger partial charge is 0.316 e. The number of aliphatic imine (C=N–C) groups is 1. The van der Waals surface area contributed by atoms with Crippen LogP contribution in [0.25, 0.3) is 6.08 Å². The van der Waals surface area contributed by atoms with E-state index in [0.29, 0.717) is 29.8 Å². The zero-order chi connectivity index (χ0) is 15.9. The van der Waals surface area contributed by atoms with Gasteiger partial charge in [-0.25, -0.2) is 4.99 Å². The van der Waals surface area contributed by atoms with Gasteiger partial charge in [-0.1, -0.05) is 18.7 Å². The van der Waals surface area contributed by atoms with Gasteiger partial charge in [-0.05, 0) is 25.5 Å². The van der Waals surface area contributed by atoms with Crippen LogP contribution in [0.4, 0.5) is 0 Å². The maximum Gasteiger partial charge on any atom is 0.316 e. The summed E-state index contributed by atoms with van der Waals surface area (Å²) < 4.78 is 10.1. The zero-order valence-electron chi connectivity index (χ0n) is 12.6. The summed E-state index contributed by atoms with van der Waals surface area (Å²) in [7, 11) is 0. The molecule has 118 valence electrons. The van der Waals surface area contributed by atoms with Crippen LogP contribution in [0.5, 0.6) is 0 Å². The summed E-state index contributed by atoms with van der Waals surface area (Å²) in [6, 6.07) is 3.50. The number of thioether (sulfide) groups is 1. The predicted octanol–water partition coefficient (Wildman–Crippen LogP) is 2.53. The summed E-state index contributed by atoms with van der Waals surface area (Å²) in [6.45, 7) is 4.64. The van der Waals surface area contributed by atoms with Gasteiger partial charge < -0.3 is 9.15 Å². The summed E-state index contributed by atoms with van der Waals surface area (Å²) in [4.78, 5) is 29.7. The monoisotopic (exact) mass is 322 g/mol. The average Bonchev–Trinajstić information content (AvgIpc) is 3.10. The Morgan fingerprint density at radius 1 is 1.50 bits per heavy atom. The van der Waals surface area contributed by atoms with Crippen molar-refractivity contribution in [3.8, 4) is 0 Å². The first kappa shape index (κ1) is 16.4. The number of hydrogen-bond acceptors (Lipinski definition) is 6. The molecule has 22 heavy (non-hydrogen) atoms. The molecule has 1 aromatic rings. The van der Waals surface area contributed by atoms with Crippen molar-refractivity contribution in [2.45, 2.75) is 20.3 Å². The lowest BCUT2D eigenvalue weighted by molar-refractivity contribution is -0.139. The molecule has 0 saturated carbocycles. The zero-order valence-corrected chi connectivity index (χ0v) is 13.4. The van der Waals surface area contributed by atoms with Gasteiger partial charge in [0.05, 0.1) is 18.6 Å². The van der Waals surface area contributed by atoms with Crippen LogP contribution in [-0.4, -0.2) is 40.8 Å². The summed E-state index contributed by atoms with van der Waals surface area (Å²) >= 11 is 1.21. The van der Waals surface area contributed by atoms with Gasteiger partial charge in [0.1, 0.15) is 11.5 Å². The molecule has 0 atom stereocenters. The van der Waals surface area contributed by atoms with Gasteiger partial charge in [0, 0.05) is 12.6 Å². The van der Waals surface area contributed by atoms with Crippen LogP contribution in [-0.2, 0) is 14.3 Å². The molecule has 0 spiro atoms. The lowest BCUT2D eigenvalue weighted by Gasteiger charge is -2.16. The molecule has 2 heterocycles. The van der Waals surface area contributed by atoms with Crippen molar-refractivity contribution in [1.82, 2.24) is 4.90 Å². The number of furan rings is 1. The van der Waals surface area contributed by atoms with Crippen molar-refractivity contribution in [2.75, 3.05) is 18.9 Å². The molecule has 1 aromatic heterocycles. The van der Waals surface area contributed by atoms with Crippen molar-refractivity contribution in [3.63, 3.8) is 0 Å². The summed E-state index contributed by atoms with van der Waals surface area (Å²) in [5.74, 6) is 0.209. The largest absolute Gasteiger partial charge is 0.465 e. The molecule has 0 aliphatic carbocycles. The van der Waals surface area contributed by atoms with Crippen LogP contribution in [0.1, 0.15) is 26.0 Å². The number of carbonyl (C=O) groups excluding carboxylic acids is 2. The number of amides is 1. The van der Waals surface area contributed by atoms with Gasteiger partial charge in [-0.15, -0.1) is 0 Å². The molecular formula is C15H18N2O4S. The van der Waals surface area contributed by atoms with Crippen molar-refractivity contribution >= 4 is 34.9 Å². The average molecular weight is 322 g/mol. The van der Waals surface area contributed by atoms with E-state index in [4.69, 9.17) is 9.15 Å². The van der Waals surface area contributed by atoms with Gasteiger partial charge in [0.25, 0.3) is 5.91 Å². The quantitative estimate of drug-likeness (QED) is 0.594. The number of esters is 1. The molecule has 6 nitrogen and oxygen atoms in total. The van der Waals surface area contributed by atoms with E-state index in [1.807, 2.05) is 6.92 Å². The van der Waals surface area contributed by atoms with Gasteiger partial charge in [0.15, 0.2) is 5.17 Å². The number of ether oxygens (including phenoxy) is 1. The lowest BCUT2D eigenvalue weighted by atomic mass is 10.3. The molecule has 1 aliphatic heterocycles. The molecule has 0 fully saturated rings. The van der Waals surface area contributed by atoms with Crippen molar-refractivity contribution < 1.29 is 18.7 Å². The Kier molecular flexibility index (Phi) is 5.83. The Balaban J connectivity index is 2.13. The minimum absolute atomic E-state index is 0.133. The minimum atomic E-state index is -0.317. The van der Waals surface area contributed by atoms with E-state index >= 15 is 0 Å². The highest BCUT2D eigenvalue weighted by Crippen LogP contribution is 2.24. The first-order valence-electron chi connectivity index (χ1n) is 7.09. The van der Waals surface area contributed by atoms with Gasteiger partial charge in [-0.3, -0.25) is 14.5 Å². The van der Waals surface area contributed by atoms with Gasteiger partial charge in [0.2, 0.25) is 0 Å². The van der Waals surface area contributed by atoms with E-state index < -0.39 is 0 Å². The van der Waals surface area contributed by atoms with Crippen LogP contribution < -0.4 is 0 Å². The maximum atomic E-state index is 12.4. The highest BCUT2D eigenvalue weighted by atomic mass is 32.2. The first-order valence-corrected chi connectivity index (χ1v) is 8.08. The Morgan fingerprint density at radius 2 is 2.32 bits per heavy atom. The third kappa shape index (κ3) is 4.00. The van der Waals surface area contributed by atoms with E-state index in [1.54, 1.807) is 30.0 Å². The molecular weight excluding hydrogens is 304 g/mol. The van der Waals surface area contributed by atoms with E-state index in [9.17, 15) is 9.59 Å². The van der Waals surface area contributed by atoms with Crippen LogP contribution in [0.15, 0.2) is 33.5 Å². The maximum absolute atomic E-state index is 12.4. The predicted molar refractivity (Wildman–Crippen MR) is 85.2 cm³/mol. The number of nitrogens with zero attached hydrogens (tertiary/aromatic N) is 2. The number of carbonyl (C=O) groups is 2. The molecule has 0 bridgehead atoms. The van der Waals surface area contributed by atoms with Crippen LogP contribution in [0, 0.1) is 0 Å². The molecule has 0 N–H and O–H groups in total. The van der Waals surface area contributed by atoms with Crippen LogP contribution in [0.3, 0.4) is 0 Å². The topological polar surface area (TPSA) is 72.1 Å². The Hall–Kier alpha value is -2.02. The molecule has 0 saturated heterocycles. The van der Waals surface area contributed by atoms with Crippen LogP contribution in [0.2, 0.25) is 0 Å². The highest BCUT2D eigenvalue weighted by Gasteiger charge is 2.30. The highest BCUT2D eigenvalue weighted by molar-refractivity contribution is 8.14. The molecule has 2 rings (SSSR count). The summed E-state index contributed by atoms with van der Waals surface area (Å²) in [5, 5.41) is 0.526. The second kappa shape index (κ2) is 7.84. The third-order valence-electron chi connectivity index (χ3n) is 2.81. The van der Waals surface area contributed by atoms with Crippen molar-refractivity contribution in [3.05, 3.63) is 29.9 Å². The van der Waals surface area contributed by atoms with E-state index in [-0.39, 0.29) is 17.6 Å². The second-order valence-electron chi connectivity index (χ2n) is 4.49. The molecule has 0 unspecified atom stereocenters. The first-order chi connectivity index (χ1) is 10.7. The van der Waals surface area contributed by atoms with Gasteiger partial charge >= 0.3 is 5.97 Å². The minimum Gasteiger partial charge on any atom is -0.465 e. The van der Waals surface area contributed by atoms with E-state index in [1.165, 1.54) is 18.0 Å². The molecule has 0 aromatic carbocycles. The van der Waals surface area contributed by atoms with Gasteiger partial charge in [-0.2, -0.15) is 0 Å². The number of hydrogen-bond donors (Lipinski definition) is 0. The van der Waals surface area contributed by atoms with Crippen molar-refractivity contribution in [1.29, 1.82) is 0 Å². The van der Waals surface area contributed by atoms with E-state index in [2.05, 4.69) is 4.99 Å². The third-order valence-corrected chi connectivity index (χ3v) is 3.76. The fourth-order valence-electron chi connectivity index (χ4n) is 1.90. The Bertz CT molecular complexity index is 593. The number of amidine groups is 1. The van der Waals surface area contributed by atoms with Crippen LogP contribution >= 0.6 is 11.8 Å².